The number of aromatic amines is 1. The Labute approximate surface area is 96.3 Å². The predicted molar refractivity (Wildman–Crippen MR) is 66.4 cm³/mol. The highest BCUT2D eigenvalue weighted by Crippen LogP contribution is 2.07. The molecule has 1 rings (SSSR count). The summed E-state index contributed by atoms with van der Waals surface area (Å²) < 4.78 is 0. The summed E-state index contributed by atoms with van der Waals surface area (Å²) in [5.41, 5.74) is 6.01. The van der Waals surface area contributed by atoms with Crippen molar-refractivity contribution in [2.24, 2.45) is 0 Å². The van der Waals surface area contributed by atoms with Crippen molar-refractivity contribution in [1.82, 2.24) is 9.97 Å². The Morgan fingerprint density at radius 2 is 1.94 bits per heavy atom. The summed E-state index contributed by atoms with van der Waals surface area (Å²) >= 11 is 0. The molecule has 4 heteroatoms. The first-order valence-corrected chi connectivity index (χ1v) is 6.07. The second-order valence-electron chi connectivity index (χ2n) is 4.14. The second kappa shape index (κ2) is 7.04. The van der Waals surface area contributed by atoms with E-state index in [-0.39, 0.29) is 11.5 Å². The maximum atomic E-state index is 11.4. The topological polar surface area (TPSA) is 71.8 Å². The van der Waals surface area contributed by atoms with Crippen LogP contribution in [0, 0.1) is 0 Å². The van der Waals surface area contributed by atoms with E-state index in [1.165, 1.54) is 32.1 Å². The van der Waals surface area contributed by atoms with Crippen molar-refractivity contribution in [3.8, 4) is 0 Å². The number of aromatic nitrogens is 2. The van der Waals surface area contributed by atoms with Crippen LogP contribution in [-0.2, 0) is 6.42 Å². The Hall–Kier alpha value is -1.32. The van der Waals surface area contributed by atoms with E-state index >= 15 is 0 Å². The predicted octanol–water partition coefficient (Wildman–Crippen LogP) is 2.26. The first-order chi connectivity index (χ1) is 7.74. The van der Waals surface area contributed by atoms with Gasteiger partial charge in [0.25, 0.3) is 5.56 Å². The molecule has 0 aliphatic carbocycles. The first-order valence-electron chi connectivity index (χ1n) is 6.07. The molecular formula is C12H21N3O. The third kappa shape index (κ3) is 4.47. The highest BCUT2D eigenvalue weighted by Gasteiger charge is 2.00. The van der Waals surface area contributed by atoms with Crippen LogP contribution < -0.4 is 11.3 Å². The van der Waals surface area contributed by atoms with Crippen LogP contribution in [0.5, 0.6) is 0 Å². The zero-order valence-electron chi connectivity index (χ0n) is 9.96. The quantitative estimate of drug-likeness (QED) is 0.696. The van der Waals surface area contributed by atoms with E-state index in [1.807, 2.05) is 0 Å². The van der Waals surface area contributed by atoms with Crippen molar-refractivity contribution in [3.63, 3.8) is 0 Å². The molecule has 0 saturated heterocycles. The minimum Gasteiger partial charge on any atom is -0.369 e. The normalized spacial score (nSPS) is 10.6. The summed E-state index contributed by atoms with van der Waals surface area (Å²) in [4.78, 5) is 17.8. The lowest BCUT2D eigenvalue weighted by Gasteiger charge is -2.01. The number of nitrogens with two attached hydrogens (primary N) is 1. The Kier molecular flexibility index (Phi) is 5.61. The molecule has 16 heavy (non-hydrogen) atoms. The summed E-state index contributed by atoms with van der Waals surface area (Å²) in [5, 5.41) is 0. The fraction of sp³-hybridized carbons (Fsp3) is 0.667. The van der Waals surface area contributed by atoms with Gasteiger partial charge in [-0.2, -0.15) is 0 Å². The molecule has 0 fully saturated rings. The maximum absolute atomic E-state index is 11.4. The van der Waals surface area contributed by atoms with Gasteiger partial charge in [0, 0.05) is 11.8 Å². The van der Waals surface area contributed by atoms with Crippen LogP contribution in [0.15, 0.2) is 11.0 Å². The smallest absolute Gasteiger partial charge is 0.255 e. The fourth-order valence-electron chi connectivity index (χ4n) is 1.71. The van der Waals surface area contributed by atoms with Crippen molar-refractivity contribution in [2.45, 2.75) is 51.9 Å². The molecule has 0 saturated carbocycles. The fourth-order valence-corrected chi connectivity index (χ4v) is 1.71. The number of hydrogen-bond acceptors (Lipinski definition) is 3. The molecule has 0 spiro atoms. The summed E-state index contributed by atoms with van der Waals surface area (Å²) in [6, 6.07) is 0. The van der Waals surface area contributed by atoms with Crippen LogP contribution in [0.25, 0.3) is 0 Å². The molecule has 0 atom stereocenters. The van der Waals surface area contributed by atoms with E-state index in [1.54, 1.807) is 6.20 Å². The summed E-state index contributed by atoms with van der Waals surface area (Å²) in [5.74, 6) is 0.191. The average Bonchev–Trinajstić information content (AvgIpc) is 2.26. The molecule has 3 N–H and O–H groups in total. The van der Waals surface area contributed by atoms with Crippen LogP contribution in [-0.4, -0.2) is 9.97 Å². The average molecular weight is 223 g/mol. The number of nitrogen functional groups attached to an aromatic ring is 1. The van der Waals surface area contributed by atoms with Gasteiger partial charge in [0.05, 0.1) is 0 Å². The van der Waals surface area contributed by atoms with Gasteiger partial charge in [-0.3, -0.25) is 9.78 Å². The lowest BCUT2D eigenvalue weighted by Crippen LogP contribution is -2.15. The number of aryl methyl sites for hydroxylation is 1. The molecule has 0 bridgehead atoms. The van der Waals surface area contributed by atoms with Crippen molar-refractivity contribution < 1.29 is 0 Å². The molecule has 0 unspecified atom stereocenters. The molecule has 0 aliphatic heterocycles. The summed E-state index contributed by atoms with van der Waals surface area (Å²) in [6.45, 7) is 2.21. The van der Waals surface area contributed by atoms with Gasteiger partial charge >= 0.3 is 0 Å². The van der Waals surface area contributed by atoms with Gasteiger partial charge in [0.1, 0.15) is 0 Å². The van der Waals surface area contributed by atoms with Crippen molar-refractivity contribution in [2.75, 3.05) is 5.73 Å². The Morgan fingerprint density at radius 1 is 1.25 bits per heavy atom. The molecule has 90 valence electrons. The van der Waals surface area contributed by atoms with Crippen molar-refractivity contribution in [3.05, 3.63) is 22.1 Å². The molecule has 1 aromatic rings. The number of H-pyrrole nitrogens is 1. The zero-order chi connectivity index (χ0) is 11.8. The summed E-state index contributed by atoms with van der Waals surface area (Å²) in [6.07, 6.45) is 9.75. The van der Waals surface area contributed by atoms with Crippen molar-refractivity contribution in [1.29, 1.82) is 0 Å². The molecule has 0 radical (unpaired) electrons. The third-order valence-electron chi connectivity index (χ3n) is 2.69. The number of rotatable bonds is 7. The van der Waals surface area contributed by atoms with E-state index in [0.29, 0.717) is 0 Å². The first kappa shape index (κ1) is 12.7. The number of anilines is 1. The number of hydrogen-bond donors (Lipinski definition) is 2. The number of nitrogens with one attached hydrogen (secondary N) is 1. The number of unbranched alkanes of at least 4 members (excludes halogenated alkanes) is 5. The molecule has 4 nitrogen and oxygen atoms in total. The minimum atomic E-state index is -0.0962. The summed E-state index contributed by atoms with van der Waals surface area (Å²) in [7, 11) is 0. The zero-order valence-corrected chi connectivity index (χ0v) is 9.96. The SMILES string of the molecule is CCCCCCCCc1cnc(N)[nH]c1=O. The van der Waals surface area contributed by atoms with Crippen molar-refractivity contribution >= 4 is 5.95 Å². The van der Waals surface area contributed by atoms with Gasteiger partial charge in [-0.05, 0) is 12.8 Å². The highest BCUT2D eigenvalue weighted by atomic mass is 16.1. The van der Waals surface area contributed by atoms with Crippen LogP contribution in [0.3, 0.4) is 0 Å². The second-order valence-corrected chi connectivity index (χ2v) is 4.14. The third-order valence-corrected chi connectivity index (χ3v) is 2.69. The Balaban J connectivity index is 2.24. The standard InChI is InChI=1S/C12H21N3O/c1-2-3-4-5-6-7-8-10-9-14-12(13)15-11(10)16/h9H,2-8H2,1H3,(H3,13,14,15,16). The van der Waals surface area contributed by atoms with Gasteiger partial charge in [-0.25, -0.2) is 4.98 Å². The number of nitrogens with zero attached hydrogens (tertiary/aromatic N) is 1. The van der Waals surface area contributed by atoms with E-state index in [2.05, 4.69) is 16.9 Å². The molecule has 0 aromatic carbocycles. The Morgan fingerprint density at radius 3 is 2.62 bits per heavy atom. The van der Waals surface area contributed by atoms with Crippen LogP contribution in [0.1, 0.15) is 51.0 Å². The van der Waals surface area contributed by atoms with E-state index in [9.17, 15) is 4.79 Å². The van der Waals surface area contributed by atoms with Gasteiger partial charge in [0.15, 0.2) is 5.95 Å². The van der Waals surface area contributed by atoms with Crippen LogP contribution in [0.4, 0.5) is 5.95 Å². The highest BCUT2D eigenvalue weighted by molar-refractivity contribution is 5.17. The Bertz CT molecular complexity index is 360. The van der Waals surface area contributed by atoms with Crippen LogP contribution in [0.2, 0.25) is 0 Å². The van der Waals surface area contributed by atoms with Gasteiger partial charge < -0.3 is 5.73 Å². The van der Waals surface area contributed by atoms with E-state index < -0.39 is 0 Å². The lowest BCUT2D eigenvalue weighted by atomic mass is 10.1. The molecular weight excluding hydrogens is 202 g/mol. The van der Waals surface area contributed by atoms with Gasteiger partial charge in [-0.1, -0.05) is 39.0 Å². The monoisotopic (exact) mass is 223 g/mol. The largest absolute Gasteiger partial charge is 0.369 e. The molecule has 0 aliphatic rings. The molecule has 1 aromatic heterocycles. The molecule has 0 amide bonds. The maximum Gasteiger partial charge on any atom is 0.255 e. The molecule has 1 heterocycles. The van der Waals surface area contributed by atoms with E-state index in [0.717, 1.165) is 18.4 Å². The van der Waals surface area contributed by atoms with Gasteiger partial charge in [0.2, 0.25) is 0 Å². The van der Waals surface area contributed by atoms with Crippen LogP contribution >= 0.6 is 0 Å². The van der Waals surface area contributed by atoms with E-state index in [4.69, 9.17) is 5.73 Å². The van der Waals surface area contributed by atoms with Gasteiger partial charge in [-0.15, -0.1) is 0 Å². The minimum absolute atomic E-state index is 0.0962. The lowest BCUT2D eigenvalue weighted by molar-refractivity contribution is 0.606.